The van der Waals surface area contributed by atoms with Crippen molar-refractivity contribution in [3.63, 3.8) is 0 Å². The lowest BCUT2D eigenvalue weighted by Gasteiger charge is -2.36. The third kappa shape index (κ3) is 4.21. The molecule has 7 nitrogen and oxygen atoms in total. The number of aryl methyl sites for hydroxylation is 3. The van der Waals surface area contributed by atoms with Gasteiger partial charge in [-0.2, -0.15) is 5.10 Å². The number of carbonyl (C=O) groups is 1. The van der Waals surface area contributed by atoms with Gasteiger partial charge in [-0.05, 0) is 38.5 Å². The maximum absolute atomic E-state index is 13.2. The summed E-state index contributed by atoms with van der Waals surface area (Å²) in [4.78, 5) is 34.9. The summed E-state index contributed by atoms with van der Waals surface area (Å²) in [6, 6.07) is 16.4. The Morgan fingerprint density at radius 1 is 1.00 bits per heavy atom. The lowest BCUT2D eigenvalue weighted by molar-refractivity contribution is -0.132. The molecule has 2 aromatic heterocycles. The number of fused-ring (bicyclic) bond motifs is 1. The Hall–Kier alpha value is -3.52. The number of benzene rings is 2. The molecule has 0 unspecified atom stereocenters. The van der Waals surface area contributed by atoms with E-state index in [-0.39, 0.29) is 18.0 Å². The number of hydrogen-bond donors (Lipinski definition) is 0. The highest BCUT2D eigenvalue weighted by molar-refractivity contribution is 7.19. The van der Waals surface area contributed by atoms with E-state index in [1.54, 1.807) is 0 Å². The molecule has 0 bridgehead atoms. The summed E-state index contributed by atoms with van der Waals surface area (Å²) in [5.74, 6) is -0.0970. The van der Waals surface area contributed by atoms with Crippen LogP contribution in [0.25, 0.3) is 21.5 Å². The molecular formula is C26H27N5O2S. The topological polar surface area (TPSA) is 71.3 Å². The molecule has 0 spiro atoms. The van der Waals surface area contributed by atoms with E-state index in [9.17, 15) is 9.59 Å². The standard InChI is InChI=1S/C26H27N5O2S/c1-17-9-10-21(18(2)15-17)23-25-24(27-19(3)34-25)26(33)31(28-23)16-22(32)30-13-11-29(12-14-30)20-7-5-4-6-8-20/h4-10,15H,11-14,16H2,1-3H3. The van der Waals surface area contributed by atoms with Gasteiger partial charge < -0.3 is 9.80 Å². The lowest BCUT2D eigenvalue weighted by Crippen LogP contribution is -2.50. The number of aromatic nitrogens is 3. The van der Waals surface area contributed by atoms with Gasteiger partial charge in [-0.1, -0.05) is 42.0 Å². The third-order valence-corrected chi connectivity index (χ3v) is 7.26. The van der Waals surface area contributed by atoms with Gasteiger partial charge in [-0.25, -0.2) is 9.67 Å². The fourth-order valence-electron chi connectivity index (χ4n) is 4.51. The predicted octanol–water partition coefficient (Wildman–Crippen LogP) is 3.79. The second-order valence-corrected chi connectivity index (χ2v) is 9.95. The molecule has 0 N–H and O–H groups in total. The van der Waals surface area contributed by atoms with Crippen molar-refractivity contribution in [1.82, 2.24) is 19.7 Å². The monoisotopic (exact) mass is 473 g/mol. The normalized spacial score (nSPS) is 14.1. The Morgan fingerprint density at radius 2 is 1.74 bits per heavy atom. The van der Waals surface area contributed by atoms with Crippen LogP contribution in [-0.4, -0.2) is 51.8 Å². The number of thiazole rings is 1. The Bertz CT molecular complexity index is 1420. The van der Waals surface area contributed by atoms with Crippen LogP contribution in [0.1, 0.15) is 16.1 Å². The molecule has 174 valence electrons. The molecule has 0 atom stereocenters. The molecule has 34 heavy (non-hydrogen) atoms. The zero-order valence-electron chi connectivity index (χ0n) is 19.6. The number of para-hydroxylation sites is 1. The molecule has 0 radical (unpaired) electrons. The molecule has 0 saturated carbocycles. The predicted molar refractivity (Wildman–Crippen MR) is 137 cm³/mol. The first-order valence-electron chi connectivity index (χ1n) is 11.4. The molecular weight excluding hydrogens is 446 g/mol. The molecule has 1 saturated heterocycles. The number of carbonyl (C=O) groups excluding carboxylic acids is 1. The summed E-state index contributed by atoms with van der Waals surface area (Å²) in [6.45, 7) is 8.64. The van der Waals surface area contributed by atoms with Crippen molar-refractivity contribution >= 4 is 33.1 Å². The van der Waals surface area contributed by atoms with E-state index >= 15 is 0 Å². The van der Waals surface area contributed by atoms with Crippen LogP contribution in [-0.2, 0) is 11.3 Å². The van der Waals surface area contributed by atoms with E-state index in [1.807, 2.05) is 56.0 Å². The number of hydrogen-bond acceptors (Lipinski definition) is 6. The maximum Gasteiger partial charge on any atom is 0.294 e. The van der Waals surface area contributed by atoms with Gasteiger partial charge in [0.25, 0.3) is 5.56 Å². The zero-order chi connectivity index (χ0) is 23.8. The lowest BCUT2D eigenvalue weighted by atomic mass is 10.0. The smallest absolute Gasteiger partial charge is 0.294 e. The average Bonchev–Trinajstić information content (AvgIpc) is 3.24. The summed E-state index contributed by atoms with van der Waals surface area (Å²) < 4.78 is 2.07. The molecule has 1 fully saturated rings. The molecule has 0 aliphatic carbocycles. The largest absolute Gasteiger partial charge is 0.368 e. The van der Waals surface area contributed by atoms with Gasteiger partial charge in [-0.3, -0.25) is 9.59 Å². The van der Waals surface area contributed by atoms with E-state index in [4.69, 9.17) is 0 Å². The second kappa shape index (κ2) is 9.02. The van der Waals surface area contributed by atoms with Crippen LogP contribution in [0.5, 0.6) is 0 Å². The first kappa shape index (κ1) is 22.3. The molecule has 1 amide bonds. The number of rotatable bonds is 4. The molecule has 5 rings (SSSR count). The Morgan fingerprint density at radius 3 is 2.44 bits per heavy atom. The Balaban J connectivity index is 1.42. The summed E-state index contributed by atoms with van der Waals surface area (Å²) in [5.41, 5.74) is 5.13. The van der Waals surface area contributed by atoms with Gasteiger partial charge in [0, 0.05) is 37.4 Å². The van der Waals surface area contributed by atoms with E-state index in [0.29, 0.717) is 24.3 Å². The highest BCUT2D eigenvalue weighted by Gasteiger charge is 2.24. The van der Waals surface area contributed by atoms with Gasteiger partial charge in [0.2, 0.25) is 5.91 Å². The van der Waals surface area contributed by atoms with Crippen molar-refractivity contribution in [2.45, 2.75) is 27.3 Å². The molecule has 3 heterocycles. The minimum Gasteiger partial charge on any atom is -0.368 e. The Kier molecular flexibility index (Phi) is 5.91. The van der Waals surface area contributed by atoms with Crippen LogP contribution in [0.4, 0.5) is 5.69 Å². The fraction of sp³-hybridized carbons (Fsp3) is 0.308. The van der Waals surface area contributed by atoms with E-state index in [1.165, 1.54) is 16.0 Å². The van der Waals surface area contributed by atoms with Crippen molar-refractivity contribution < 1.29 is 4.79 Å². The first-order valence-corrected chi connectivity index (χ1v) is 12.3. The van der Waals surface area contributed by atoms with Crippen LogP contribution >= 0.6 is 11.3 Å². The highest BCUT2D eigenvalue weighted by Crippen LogP contribution is 2.31. The fourth-order valence-corrected chi connectivity index (χ4v) is 5.42. The van der Waals surface area contributed by atoms with E-state index in [0.717, 1.165) is 45.2 Å². The molecule has 1 aliphatic rings. The van der Waals surface area contributed by atoms with Crippen LogP contribution in [0.3, 0.4) is 0 Å². The zero-order valence-corrected chi connectivity index (χ0v) is 20.4. The van der Waals surface area contributed by atoms with Gasteiger partial charge in [0.15, 0.2) is 5.52 Å². The quantitative estimate of drug-likeness (QED) is 0.451. The van der Waals surface area contributed by atoms with Gasteiger partial charge >= 0.3 is 0 Å². The molecule has 1 aliphatic heterocycles. The van der Waals surface area contributed by atoms with Crippen molar-refractivity contribution in [1.29, 1.82) is 0 Å². The number of piperazine rings is 1. The SMILES string of the molecule is Cc1ccc(-c2nn(CC(=O)N3CCN(c4ccccc4)CC3)c(=O)c3nc(C)sc23)c(C)c1. The van der Waals surface area contributed by atoms with Gasteiger partial charge in [0.1, 0.15) is 12.2 Å². The third-order valence-electron chi connectivity index (χ3n) is 6.28. The van der Waals surface area contributed by atoms with Crippen molar-refractivity contribution in [2.75, 3.05) is 31.1 Å². The van der Waals surface area contributed by atoms with Crippen LogP contribution in [0.2, 0.25) is 0 Å². The van der Waals surface area contributed by atoms with Gasteiger partial charge in [-0.15, -0.1) is 11.3 Å². The van der Waals surface area contributed by atoms with E-state index in [2.05, 4.69) is 33.2 Å². The average molecular weight is 474 g/mol. The summed E-state index contributed by atoms with van der Waals surface area (Å²) in [7, 11) is 0. The Labute approximate surface area is 202 Å². The van der Waals surface area contributed by atoms with Gasteiger partial charge in [0.05, 0.1) is 9.71 Å². The molecule has 8 heteroatoms. The van der Waals surface area contributed by atoms with Crippen molar-refractivity contribution in [2.24, 2.45) is 0 Å². The van der Waals surface area contributed by atoms with Crippen LogP contribution in [0, 0.1) is 20.8 Å². The number of nitrogens with zero attached hydrogens (tertiary/aromatic N) is 5. The molecule has 4 aromatic rings. The summed E-state index contributed by atoms with van der Waals surface area (Å²) >= 11 is 1.47. The second-order valence-electron chi connectivity index (χ2n) is 8.74. The number of amides is 1. The highest BCUT2D eigenvalue weighted by atomic mass is 32.1. The van der Waals surface area contributed by atoms with E-state index < -0.39 is 0 Å². The minimum absolute atomic E-state index is 0.0887. The summed E-state index contributed by atoms with van der Waals surface area (Å²) in [6.07, 6.45) is 0. The van der Waals surface area contributed by atoms with Crippen LogP contribution in [0.15, 0.2) is 53.3 Å². The molecule has 2 aromatic carbocycles. The summed E-state index contributed by atoms with van der Waals surface area (Å²) in [5, 5.41) is 5.50. The van der Waals surface area contributed by atoms with Crippen molar-refractivity contribution in [3.05, 3.63) is 75.0 Å². The van der Waals surface area contributed by atoms with Crippen molar-refractivity contribution in [3.8, 4) is 11.3 Å². The maximum atomic E-state index is 13.2. The van der Waals surface area contributed by atoms with Crippen LogP contribution < -0.4 is 10.5 Å². The minimum atomic E-state index is -0.316. The first-order chi connectivity index (χ1) is 16.4. The number of anilines is 1.